The van der Waals surface area contributed by atoms with E-state index in [0.29, 0.717) is 20.6 Å². The molecule has 0 bridgehead atoms. The number of nitrogens with zero attached hydrogens (tertiary/aromatic N) is 3. The van der Waals surface area contributed by atoms with E-state index in [2.05, 4.69) is 10.5 Å². The first-order valence-corrected chi connectivity index (χ1v) is 10.2. The van der Waals surface area contributed by atoms with Crippen molar-refractivity contribution in [3.05, 3.63) is 68.8 Å². The van der Waals surface area contributed by atoms with Crippen molar-refractivity contribution in [1.82, 2.24) is 20.2 Å². The van der Waals surface area contributed by atoms with Crippen molar-refractivity contribution in [2.75, 3.05) is 13.0 Å². The molecule has 4 rings (SSSR count). The van der Waals surface area contributed by atoms with Crippen molar-refractivity contribution >= 4 is 53.1 Å². The fraction of sp³-hybridized carbons (Fsp3) is 0.273. The number of nitrogens with one attached hydrogen (secondary N) is 1. The molecule has 0 saturated carbocycles. The van der Waals surface area contributed by atoms with Gasteiger partial charge in [0.2, 0.25) is 0 Å². The summed E-state index contributed by atoms with van der Waals surface area (Å²) in [6.45, 7) is -7.27. The maximum absolute atomic E-state index is 13.5. The van der Waals surface area contributed by atoms with Crippen LogP contribution in [0.15, 0.2) is 42.5 Å². The number of carbonyl (C=O) groups is 1. The molecule has 1 amide bonds. The number of hydrazine groups is 1. The predicted octanol–water partition coefficient (Wildman–Crippen LogP) is 6.36. The molecule has 1 N–H and O–H groups in total. The number of aromatic nitrogens is 2. The fourth-order valence-electron chi connectivity index (χ4n) is 3.04. The lowest BCUT2D eigenvalue weighted by Gasteiger charge is -2.26. The molecule has 2 heterocycles. The van der Waals surface area contributed by atoms with Gasteiger partial charge in [-0.25, -0.2) is 9.69 Å². The van der Waals surface area contributed by atoms with Gasteiger partial charge in [-0.3, -0.25) is 10.2 Å². The van der Waals surface area contributed by atoms with Gasteiger partial charge in [-0.05, 0) is 50.0 Å². The fourth-order valence-corrected chi connectivity index (χ4v) is 3.65. The molecule has 0 radical (unpaired) electrons. The summed E-state index contributed by atoms with van der Waals surface area (Å²) in [6.07, 6.45) is 0.227. The van der Waals surface area contributed by atoms with Crippen LogP contribution in [0.1, 0.15) is 44.9 Å². The summed E-state index contributed by atoms with van der Waals surface area (Å²) < 4.78 is 58.8. The summed E-state index contributed by atoms with van der Waals surface area (Å²) in [5.41, 5.74) is 1.94. The van der Waals surface area contributed by atoms with Gasteiger partial charge < -0.3 is 0 Å². The molecule has 1 aromatic heterocycles. The number of carbonyl (C=O) groups excluding carboxylic acids is 1. The van der Waals surface area contributed by atoms with Gasteiger partial charge in [0.1, 0.15) is 0 Å². The van der Waals surface area contributed by atoms with Gasteiger partial charge in [-0.15, -0.1) is 12.4 Å². The number of hydrogen-bond donors (Lipinski definition) is 1. The molecule has 0 aliphatic carbocycles. The number of benzene rings is 2. The van der Waals surface area contributed by atoms with E-state index >= 15 is 0 Å². The Bertz CT molecular complexity index is 1330. The SMILES string of the molecule is Cl.[2H]C([2H])([2H])c1c(C(=O)NN2C([2H])([2H])CCCC2([2H])[2H])nn(-c2ccc(Cl)cc2Cl)c1-c1ccc(Cl)cc1. The van der Waals surface area contributed by atoms with Crippen LogP contribution in [0, 0.1) is 6.85 Å². The normalized spacial score (nSPS) is 21.2. The van der Waals surface area contributed by atoms with E-state index in [1.165, 1.54) is 22.9 Å². The Kier molecular flexibility index (Phi) is 5.27. The summed E-state index contributed by atoms with van der Waals surface area (Å²) in [6, 6.07) is 10.7. The van der Waals surface area contributed by atoms with Crippen LogP contribution >= 0.6 is 47.2 Å². The molecule has 1 aliphatic heterocycles. The first-order chi connectivity index (χ1) is 17.1. The van der Waals surface area contributed by atoms with Gasteiger partial charge in [0, 0.05) is 43.8 Å². The standard InChI is InChI=1S/C22H21Cl3N4O.ClH/c1-14-20(22(30)27-28-11-3-2-4-12-28)26-29(19-10-9-17(24)13-18(19)25)21(14)15-5-7-16(23)8-6-15;/h5-10,13H,2-4,11-12H2,1H3,(H,27,30);1H/i1D3,11D2,12D2;. The Hall–Kier alpha value is -1.76. The Morgan fingerprint density at radius 1 is 1.06 bits per heavy atom. The van der Waals surface area contributed by atoms with E-state index in [9.17, 15) is 4.79 Å². The molecule has 0 unspecified atom stereocenters. The summed E-state index contributed by atoms with van der Waals surface area (Å²) in [5.74, 6) is -1.08. The molecular weight excluding hydrogens is 478 g/mol. The minimum Gasteiger partial charge on any atom is -0.283 e. The van der Waals surface area contributed by atoms with Crippen LogP contribution in [0.5, 0.6) is 0 Å². The molecule has 2 aromatic carbocycles. The van der Waals surface area contributed by atoms with Crippen molar-refractivity contribution in [3.8, 4) is 16.9 Å². The first-order valence-electron chi connectivity index (χ1n) is 12.6. The molecule has 1 fully saturated rings. The van der Waals surface area contributed by atoms with Crippen molar-refractivity contribution in [1.29, 1.82) is 0 Å². The molecular formula is C22H22Cl4N4O. The molecule has 5 nitrogen and oxygen atoms in total. The quantitative estimate of drug-likeness (QED) is 0.447. The summed E-state index contributed by atoms with van der Waals surface area (Å²) >= 11 is 18.5. The minimum absolute atomic E-state index is 0. The topological polar surface area (TPSA) is 50.2 Å². The van der Waals surface area contributed by atoms with Crippen LogP contribution in [0.2, 0.25) is 15.1 Å². The minimum atomic E-state index is -2.85. The molecule has 0 atom stereocenters. The van der Waals surface area contributed by atoms with E-state index in [0.717, 1.165) is 0 Å². The number of hydrogen-bond acceptors (Lipinski definition) is 3. The van der Waals surface area contributed by atoms with Gasteiger partial charge in [0.05, 0.1) is 16.4 Å². The summed E-state index contributed by atoms with van der Waals surface area (Å²) in [7, 11) is 0. The zero-order valence-corrected chi connectivity index (χ0v) is 19.0. The maximum atomic E-state index is 13.5. The molecule has 1 aliphatic rings. The Morgan fingerprint density at radius 2 is 1.74 bits per heavy atom. The van der Waals surface area contributed by atoms with Crippen molar-refractivity contribution in [2.24, 2.45) is 0 Å². The van der Waals surface area contributed by atoms with E-state index < -0.39 is 37.0 Å². The van der Waals surface area contributed by atoms with Gasteiger partial charge in [0.25, 0.3) is 5.91 Å². The zero-order chi connectivity index (χ0) is 27.3. The highest BCUT2D eigenvalue weighted by molar-refractivity contribution is 6.35. The highest BCUT2D eigenvalue weighted by Gasteiger charge is 2.24. The highest BCUT2D eigenvalue weighted by Crippen LogP contribution is 2.33. The second kappa shape index (κ2) is 10.2. The average molecular weight is 507 g/mol. The average Bonchev–Trinajstić information content (AvgIpc) is 3.17. The molecule has 31 heavy (non-hydrogen) atoms. The predicted molar refractivity (Wildman–Crippen MR) is 129 cm³/mol. The number of halogens is 4. The van der Waals surface area contributed by atoms with Crippen molar-refractivity contribution in [3.63, 3.8) is 0 Å². The lowest BCUT2D eigenvalue weighted by atomic mass is 10.1. The largest absolute Gasteiger partial charge is 0.286 e. The van der Waals surface area contributed by atoms with Crippen molar-refractivity contribution < 1.29 is 14.4 Å². The first kappa shape index (κ1) is 15.9. The lowest BCUT2D eigenvalue weighted by Crippen LogP contribution is -2.45. The maximum Gasteiger partial charge on any atom is 0.286 e. The summed E-state index contributed by atoms with van der Waals surface area (Å²) in [5, 5.41) is 5.77. The van der Waals surface area contributed by atoms with Crippen LogP contribution in [-0.4, -0.2) is 33.7 Å². The number of amides is 1. The Balaban J connectivity index is 0.00000400. The number of rotatable bonds is 4. The Morgan fingerprint density at radius 3 is 2.39 bits per heavy atom. The van der Waals surface area contributed by atoms with Crippen LogP contribution in [0.25, 0.3) is 16.9 Å². The molecule has 3 aromatic rings. The zero-order valence-electron chi connectivity index (χ0n) is 23.0. The third kappa shape index (κ3) is 5.18. The van der Waals surface area contributed by atoms with E-state index in [4.69, 9.17) is 44.4 Å². The second-order valence-corrected chi connectivity index (χ2v) is 7.81. The van der Waals surface area contributed by atoms with E-state index in [-0.39, 0.29) is 48.1 Å². The van der Waals surface area contributed by atoms with E-state index in [1.807, 2.05) is 0 Å². The van der Waals surface area contributed by atoms with Gasteiger partial charge in [0.15, 0.2) is 5.69 Å². The Labute approximate surface area is 212 Å². The van der Waals surface area contributed by atoms with Gasteiger partial charge in [-0.2, -0.15) is 5.10 Å². The number of piperidine rings is 1. The molecule has 1 saturated heterocycles. The smallest absolute Gasteiger partial charge is 0.283 e. The second-order valence-electron chi connectivity index (χ2n) is 6.53. The van der Waals surface area contributed by atoms with E-state index in [1.54, 1.807) is 24.3 Å². The van der Waals surface area contributed by atoms with Gasteiger partial charge in [-0.1, -0.05) is 53.4 Å². The van der Waals surface area contributed by atoms with Crippen molar-refractivity contribution in [2.45, 2.75) is 26.1 Å². The highest BCUT2D eigenvalue weighted by atomic mass is 35.5. The van der Waals surface area contributed by atoms with Crippen LogP contribution in [-0.2, 0) is 0 Å². The molecule has 0 spiro atoms. The third-order valence-electron chi connectivity index (χ3n) is 4.46. The summed E-state index contributed by atoms with van der Waals surface area (Å²) in [4.78, 5) is 13.5. The van der Waals surface area contributed by atoms with Crippen LogP contribution in [0.4, 0.5) is 0 Å². The molecule has 164 valence electrons. The van der Waals surface area contributed by atoms with Gasteiger partial charge >= 0.3 is 0 Å². The lowest BCUT2D eigenvalue weighted by molar-refractivity contribution is 0.0743. The van der Waals surface area contributed by atoms with Crippen LogP contribution < -0.4 is 5.43 Å². The molecule has 9 heteroatoms. The van der Waals surface area contributed by atoms with Crippen LogP contribution in [0.3, 0.4) is 0 Å². The monoisotopic (exact) mass is 505 g/mol. The third-order valence-corrected chi connectivity index (χ3v) is 5.25.